The maximum Gasteiger partial charge on any atom is 0.288 e. The first kappa shape index (κ1) is 20.2. The van der Waals surface area contributed by atoms with Gasteiger partial charge >= 0.3 is 0 Å². The van der Waals surface area contributed by atoms with E-state index < -0.39 is 5.76 Å². The normalized spacial score (nSPS) is 12.3. The molecule has 0 heterocycles. The number of carbonyl (C=O) groups is 1. The van der Waals surface area contributed by atoms with E-state index in [9.17, 15) is 13.6 Å². The number of likely N-dealkylation sites (N-methyl/N-ethyl adjacent to an activating group) is 1. The maximum absolute atomic E-state index is 12.4. The summed E-state index contributed by atoms with van der Waals surface area (Å²) in [4.78, 5) is 14.8. The van der Waals surface area contributed by atoms with Crippen molar-refractivity contribution in [3.63, 3.8) is 0 Å². The number of carbonyl (C=O) groups excluding carboxylic acids is 1. The molecule has 0 radical (unpaired) electrons. The molecule has 0 aliphatic carbocycles. The van der Waals surface area contributed by atoms with Crippen molar-refractivity contribution in [2.45, 2.75) is 16.7 Å². The minimum atomic E-state index is -2.48. The van der Waals surface area contributed by atoms with E-state index in [0.717, 1.165) is 11.3 Å². The van der Waals surface area contributed by atoms with Crippen molar-refractivity contribution in [2.75, 3.05) is 27.7 Å². The number of rotatable bonds is 8. The fourth-order valence-electron chi connectivity index (χ4n) is 2.59. The number of halogens is 2. The van der Waals surface area contributed by atoms with E-state index in [4.69, 9.17) is 4.74 Å². The van der Waals surface area contributed by atoms with Crippen LogP contribution in [-0.4, -0.2) is 44.3 Å². The molecule has 0 aliphatic rings. The van der Waals surface area contributed by atoms with Gasteiger partial charge in [0, 0.05) is 22.6 Å². The van der Waals surface area contributed by atoms with Crippen LogP contribution in [-0.2, 0) is 0 Å². The van der Waals surface area contributed by atoms with Crippen LogP contribution in [0.15, 0.2) is 53.4 Å². The molecule has 1 N–H and O–H groups in total. The number of methoxy groups -OCH3 is 1. The lowest BCUT2D eigenvalue weighted by Crippen LogP contribution is -2.34. The molecule has 1 unspecified atom stereocenters. The lowest BCUT2D eigenvalue weighted by molar-refractivity contribution is 0.0941. The van der Waals surface area contributed by atoms with E-state index in [0.29, 0.717) is 28.8 Å². The Labute approximate surface area is 156 Å². The van der Waals surface area contributed by atoms with E-state index in [-0.39, 0.29) is 11.9 Å². The fraction of sp³-hybridized carbons (Fsp3) is 0.316. The minimum absolute atomic E-state index is 0.0660. The second-order valence-corrected chi connectivity index (χ2v) is 6.90. The number of para-hydroxylation sites is 1. The monoisotopic (exact) mass is 380 g/mol. The lowest BCUT2D eigenvalue weighted by Gasteiger charge is -2.26. The molecule has 1 amide bonds. The number of benzene rings is 2. The Morgan fingerprint density at radius 1 is 1.15 bits per heavy atom. The topological polar surface area (TPSA) is 41.6 Å². The number of thioether (sulfide) groups is 1. The Kier molecular flexibility index (Phi) is 7.41. The minimum Gasteiger partial charge on any atom is -0.496 e. The van der Waals surface area contributed by atoms with Crippen LogP contribution in [0, 0.1) is 0 Å². The van der Waals surface area contributed by atoms with Crippen LogP contribution in [0.2, 0.25) is 0 Å². The van der Waals surface area contributed by atoms with Crippen LogP contribution < -0.4 is 10.1 Å². The van der Waals surface area contributed by atoms with E-state index in [1.54, 1.807) is 19.2 Å². The van der Waals surface area contributed by atoms with Crippen LogP contribution in [0.1, 0.15) is 22.0 Å². The average molecular weight is 380 g/mol. The molecule has 2 rings (SSSR count). The van der Waals surface area contributed by atoms with Crippen LogP contribution in [0.5, 0.6) is 5.75 Å². The Morgan fingerprint density at radius 3 is 2.38 bits per heavy atom. The fourth-order valence-corrected chi connectivity index (χ4v) is 3.09. The highest BCUT2D eigenvalue weighted by Crippen LogP contribution is 2.28. The Balaban J connectivity index is 2.05. The summed E-state index contributed by atoms with van der Waals surface area (Å²) < 4.78 is 30.1. The van der Waals surface area contributed by atoms with Gasteiger partial charge in [-0.3, -0.25) is 4.79 Å². The summed E-state index contributed by atoms with van der Waals surface area (Å²) in [6.45, 7) is 0.389. The van der Waals surface area contributed by atoms with Crippen molar-refractivity contribution < 1.29 is 18.3 Å². The number of hydrogen-bond donors (Lipinski definition) is 1. The number of amides is 1. The number of ether oxygens (including phenoxy) is 1. The SMILES string of the molecule is COc1ccccc1C(CNC(=O)c1ccc(SC(F)F)cc1)N(C)C. The second-order valence-electron chi connectivity index (χ2n) is 5.83. The predicted octanol–water partition coefficient (Wildman–Crippen LogP) is 4.04. The summed E-state index contributed by atoms with van der Waals surface area (Å²) in [5, 5.41) is 2.90. The van der Waals surface area contributed by atoms with E-state index in [1.807, 2.05) is 43.3 Å². The van der Waals surface area contributed by atoms with Gasteiger partial charge < -0.3 is 15.0 Å². The van der Waals surface area contributed by atoms with E-state index in [2.05, 4.69) is 5.32 Å². The van der Waals surface area contributed by atoms with E-state index >= 15 is 0 Å². The molecule has 140 valence electrons. The zero-order chi connectivity index (χ0) is 19.1. The predicted molar refractivity (Wildman–Crippen MR) is 100 cm³/mol. The zero-order valence-corrected chi connectivity index (χ0v) is 15.7. The molecule has 1 atom stereocenters. The van der Waals surface area contributed by atoms with Gasteiger partial charge in [-0.15, -0.1) is 0 Å². The Bertz CT molecular complexity index is 724. The Hall–Kier alpha value is -2.12. The van der Waals surface area contributed by atoms with E-state index in [1.165, 1.54) is 12.1 Å². The molecule has 0 saturated carbocycles. The smallest absolute Gasteiger partial charge is 0.288 e. The van der Waals surface area contributed by atoms with Crippen LogP contribution >= 0.6 is 11.8 Å². The number of nitrogens with zero attached hydrogens (tertiary/aromatic N) is 1. The number of alkyl halides is 2. The van der Waals surface area contributed by atoms with Crippen LogP contribution in [0.3, 0.4) is 0 Å². The van der Waals surface area contributed by atoms with Gasteiger partial charge in [0.2, 0.25) is 0 Å². The quantitative estimate of drug-likeness (QED) is 0.702. The average Bonchev–Trinajstić information content (AvgIpc) is 2.62. The molecule has 2 aromatic rings. The van der Waals surface area contributed by atoms with Gasteiger partial charge in [0.1, 0.15) is 5.75 Å². The van der Waals surface area contributed by atoms with Crippen molar-refractivity contribution in [3.05, 3.63) is 59.7 Å². The molecule has 2 aromatic carbocycles. The summed E-state index contributed by atoms with van der Waals surface area (Å²) in [6, 6.07) is 13.7. The van der Waals surface area contributed by atoms with Gasteiger partial charge in [0.25, 0.3) is 11.7 Å². The molecule has 0 fully saturated rings. The molecular formula is C19H22F2N2O2S. The van der Waals surface area contributed by atoms with Crippen LogP contribution in [0.4, 0.5) is 8.78 Å². The summed E-state index contributed by atoms with van der Waals surface area (Å²) in [7, 11) is 5.47. The summed E-state index contributed by atoms with van der Waals surface area (Å²) in [5.41, 5.74) is 1.41. The van der Waals surface area contributed by atoms with Crippen molar-refractivity contribution in [3.8, 4) is 5.75 Å². The highest BCUT2D eigenvalue weighted by Gasteiger charge is 2.19. The summed E-state index contributed by atoms with van der Waals surface area (Å²) in [5.74, 6) is -1.97. The molecule has 0 aromatic heterocycles. The zero-order valence-electron chi connectivity index (χ0n) is 14.9. The largest absolute Gasteiger partial charge is 0.496 e. The van der Waals surface area contributed by atoms with Gasteiger partial charge in [-0.2, -0.15) is 8.78 Å². The molecule has 0 aliphatic heterocycles. The highest BCUT2D eigenvalue weighted by atomic mass is 32.2. The molecule has 0 bridgehead atoms. The van der Waals surface area contributed by atoms with Gasteiger partial charge in [-0.05, 0) is 44.4 Å². The Morgan fingerprint density at radius 2 is 1.81 bits per heavy atom. The van der Waals surface area contributed by atoms with Gasteiger partial charge in [-0.1, -0.05) is 30.0 Å². The van der Waals surface area contributed by atoms with Crippen molar-refractivity contribution in [2.24, 2.45) is 0 Å². The summed E-state index contributed by atoms with van der Waals surface area (Å²) >= 11 is 0.457. The second kappa shape index (κ2) is 9.54. The first-order valence-corrected chi connectivity index (χ1v) is 8.92. The number of nitrogens with one attached hydrogen (secondary N) is 1. The third-order valence-corrected chi connectivity index (χ3v) is 4.64. The molecule has 4 nitrogen and oxygen atoms in total. The van der Waals surface area contributed by atoms with Crippen molar-refractivity contribution >= 4 is 17.7 Å². The van der Waals surface area contributed by atoms with Gasteiger partial charge in [-0.25, -0.2) is 0 Å². The lowest BCUT2D eigenvalue weighted by atomic mass is 10.0. The van der Waals surface area contributed by atoms with Gasteiger partial charge in [0.05, 0.1) is 13.2 Å². The van der Waals surface area contributed by atoms with Gasteiger partial charge in [0.15, 0.2) is 0 Å². The first-order valence-electron chi connectivity index (χ1n) is 8.04. The molecule has 0 saturated heterocycles. The number of hydrogen-bond acceptors (Lipinski definition) is 4. The van der Waals surface area contributed by atoms with Crippen molar-refractivity contribution in [1.82, 2.24) is 10.2 Å². The standard InChI is InChI=1S/C19H22F2N2O2S/c1-23(2)16(15-6-4-5-7-17(15)25-3)12-22-18(24)13-8-10-14(11-9-13)26-19(20)21/h4-11,16,19H,12H2,1-3H3,(H,22,24). The molecule has 0 spiro atoms. The van der Waals surface area contributed by atoms with Crippen molar-refractivity contribution in [1.29, 1.82) is 0 Å². The summed E-state index contributed by atoms with van der Waals surface area (Å²) in [6.07, 6.45) is 0. The molecular weight excluding hydrogens is 358 g/mol. The first-order chi connectivity index (χ1) is 12.4. The third kappa shape index (κ3) is 5.44. The highest BCUT2D eigenvalue weighted by molar-refractivity contribution is 7.99. The maximum atomic E-state index is 12.4. The van der Waals surface area contributed by atoms with Crippen LogP contribution in [0.25, 0.3) is 0 Å². The molecule has 26 heavy (non-hydrogen) atoms. The third-order valence-electron chi connectivity index (χ3n) is 3.92. The molecule has 7 heteroatoms.